The van der Waals surface area contributed by atoms with Gasteiger partial charge in [0, 0.05) is 18.4 Å². The number of halogens is 2. The van der Waals surface area contributed by atoms with E-state index in [-0.39, 0.29) is 42.3 Å². The number of hydrogen-bond donors (Lipinski definition) is 7. The fourth-order valence-corrected chi connectivity index (χ4v) is 3.71. The zero-order chi connectivity index (χ0) is 30.1. The molecule has 3 amide bonds. The minimum atomic E-state index is -1.54. The molecule has 1 heterocycles. The van der Waals surface area contributed by atoms with E-state index in [2.05, 4.69) is 10.6 Å². The first-order chi connectivity index (χ1) is 18.7. The lowest BCUT2D eigenvalue weighted by atomic mass is 10.0. The number of carboxylic acids is 3. The van der Waals surface area contributed by atoms with E-state index in [1.165, 1.54) is 6.92 Å². The molecule has 7 N–H and O–H groups in total. The highest BCUT2D eigenvalue weighted by Crippen LogP contribution is 2.30. The first kappa shape index (κ1) is 31.5. The number of carbonyl (C=O) groups is 5. The molecular weight excluding hydrogens is 544 g/mol. The minimum Gasteiger partial charge on any atom is -0.503 e. The second-order valence-corrected chi connectivity index (χ2v) is 8.75. The Bertz CT molecular complexity index is 1380. The SMILES string of the molecule is Cc1c(CC(=O)NCCCC[C@H](NC(=O)N[C@@H](CCC(=O)O)C(=O)O)C(=O)O)c(=O)oc2c(F)c(O)c(F)cc12. The van der Waals surface area contributed by atoms with Crippen LogP contribution in [-0.2, 0) is 25.6 Å². The van der Waals surface area contributed by atoms with Gasteiger partial charge in [-0.3, -0.25) is 9.59 Å². The summed E-state index contributed by atoms with van der Waals surface area (Å²) in [6.07, 6.45) is -1.08. The van der Waals surface area contributed by atoms with Gasteiger partial charge in [-0.1, -0.05) is 0 Å². The number of aryl methyl sites for hydroxylation is 1. The van der Waals surface area contributed by atoms with E-state index in [9.17, 15) is 47.8 Å². The third-order valence-corrected chi connectivity index (χ3v) is 5.88. The molecule has 0 unspecified atom stereocenters. The zero-order valence-corrected chi connectivity index (χ0v) is 21.1. The second-order valence-electron chi connectivity index (χ2n) is 8.75. The predicted molar refractivity (Wildman–Crippen MR) is 131 cm³/mol. The number of hydrogen-bond acceptors (Lipinski definition) is 8. The number of amides is 3. The number of phenolic OH excluding ortho intramolecular Hbond substituents is 1. The Balaban J connectivity index is 1.88. The topological polar surface area (TPSA) is 233 Å². The van der Waals surface area contributed by atoms with E-state index in [0.29, 0.717) is 0 Å². The molecule has 0 aliphatic rings. The number of nitrogens with one attached hydrogen (secondary N) is 3. The lowest BCUT2D eigenvalue weighted by molar-refractivity contribution is -0.140. The van der Waals surface area contributed by atoms with Gasteiger partial charge in [0.1, 0.15) is 12.1 Å². The second kappa shape index (κ2) is 13.9. The van der Waals surface area contributed by atoms with Gasteiger partial charge in [-0.25, -0.2) is 23.6 Å². The fraction of sp³-hybridized carbons (Fsp3) is 0.417. The van der Waals surface area contributed by atoms with Gasteiger partial charge in [-0.2, -0.15) is 4.39 Å². The van der Waals surface area contributed by atoms with Gasteiger partial charge in [0.15, 0.2) is 17.1 Å². The molecule has 16 heteroatoms. The number of rotatable bonds is 14. The molecule has 1 aromatic heterocycles. The number of carboxylic acid groups (broad SMARTS) is 3. The van der Waals surface area contributed by atoms with E-state index in [0.717, 1.165) is 6.07 Å². The summed E-state index contributed by atoms with van der Waals surface area (Å²) >= 11 is 0. The summed E-state index contributed by atoms with van der Waals surface area (Å²) < 4.78 is 32.7. The summed E-state index contributed by atoms with van der Waals surface area (Å²) in [5.41, 5.74) is -1.77. The van der Waals surface area contributed by atoms with Crippen LogP contribution < -0.4 is 21.6 Å². The predicted octanol–water partition coefficient (Wildman–Crippen LogP) is 0.985. The molecular formula is C24H27F2N3O11. The Labute approximate surface area is 224 Å². The lowest BCUT2D eigenvalue weighted by Gasteiger charge is -2.18. The van der Waals surface area contributed by atoms with Crippen molar-refractivity contribution in [2.24, 2.45) is 0 Å². The Morgan fingerprint density at radius 1 is 0.975 bits per heavy atom. The van der Waals surface area contributed by atoms with Crippen LogP contribution in [0.5, 0.6) is 5.75 Å². The zero-order valence-electron chi connectivity index (χ0n) is 21.1. The first-order valence-electron chi connectivity index (χ1n) is 11.9. The summed E-state index contributed by atoms with van der Waals surface area (Å²) in [5.74, 6) is -8.83. The number of benzene rings is 1. The fourth-order valence-electron chi connectivity index (χ4n) is 3.71. The van der Waals surface area contributed by atoms with E-state index in [1.54, 1.807) is 0 Å². The summed E-state index contributed by atoms with van der Waals surface area (Å²) in [4.78, 5) is 69.9. The van der Waals surface area contributed by atoms with Crippen molar-refractivity contribution in [2.75, 3.05) is 6.54 Å². The molecule has 0 fully saturated rings. The smallest absolute Gasteiger partial charge is 0.340 e. The van der Waals surface area contributed by atoms with Crippen molar-refractivity contribution in [3.63, 3.8) is 0 Å². The van der Waals surface area contributed by atoms with Gasteiger partial charge in [0.2, 0.25) is 11.7 Å². The highest BCUT2D eigenvalue weighted by Gasteiger charge is 2.25. The van der Waals surface area contributed by atoms with Gasteiger partial charge >= 0.3 is 29.6 Å². The van der Waals surface area contributed by atoms with Gasteiger partial charge in [0.05, 0.1) is 12.0 Å². The van der Waals surface area contributed by atoms with Crippen LogP contribution in [0.4, 0.5) is 13.6 Å². The Kier molecular flexibility index (Phi) is 10.9. The molecule has 0 bridgehead atoms. The summed E-state index contributed by atoms with van der Waals surface area (Å²) in [6, 6.07) is -3.29. The molecule has 0 radical (unpaired) electrons. The highest BCUT2D eigenvalue weighted by molar-refractivity contribution is 5.87. The maximum atomic E-state index is 14.1. The Hall–Kier alpha value is -4.76. The molecule has 2 atom stereocenters. The number of aliphatic carboxylic acids is 3. The van der Waals surface area contributed by atoms with Gasteiger partial charge < -0.3 is 40.8 Å². The molecule has 0 saturated heterocycles. The lowest BCUT2D eigenvalue weighted by Crippen LogP contribution is -2.51. The molecule has 0 aliphatic carbocycles. The van der Waals surface area contributed by atoms with Crippen molar-refractivity contribution in [1.29, 1.82) is 0 Å². The van der Waals surface area contributed by atoms with Crippen molar-refractivity contribution >= 4 is 40.8 Å². The first-order valence-corrected chi connectivity index (χ1v) is 11.9. The molecule has 2 rings (SSSR count). The average Bonchev–Trinajstić information content (AvgIpc) is 2.87. The molecule has 40 heavy (non-hydrogen) atoms. The molecule has 14 nitrogen and oxygen atoms in total. The largest absolute Gasteiger partial charge is 0.503 e. The van der Waals surface area contributed by atoms with Crippen LogP contribution in [0, 0.1) is 18.6 Å². The number of phenols is 1. The van der Waals surface area contributed by atoms with Crippen LogP contribution in [0.15, 0.2) is 15.3 Å². The van der Waals surface area contributed by atoms with Crippen LogP contribution in [0.1, 0.15) is 43.2 Å². The number of unbranched alkanes of at least 4 members (excludes halogenated alkanes) is 1. The minimum absolute atomic E-state index is 0.0444. The Morgan fingerprint density at radius 2 is 1.57 bits per heavy atom. The maximum Gasteiger partial charge on any atom is 0.340 e. The highest BCUT2D eigenvalue weighted by atomic mass is 19.1. The van der Waals surface area contributed by atoms with Crippen molar-refractivity contribution < 1.29 is 57.6 Å². The standard InChI is InChI=1S/C24H27F2N3O11/c1-10-11-8-13(25)19(33)18(26)20(11)40-23(38)12(10)9-16(30)27-7-3-2-4-14(21(34)35)28-24(39)29-15(22(36)37)5-6-17(31)32/h8,14-15,33H,2-7,9H2,1H3,(H,27,30)(H,31,32)(H,34,35)(H,36,37)(H2,28,29,39)/t14-,15-/m0/s1. The molecule has 0 spiro atoms. The van der Waals surface area contributed by atoms with Gasteiger partial charge in [-0.15, -0.1) is 0 Å². The van der Waals surface area contributed by atoms with Crippen LogP contribution in [0.25, 0.3) is 11.0 Å². The van der Waals surface area contributed by atoms with E-state index < -0.39 is 89.8 Å². The van der Waals surface area contributed by atoms with Crippen molar-refractivity contribution in [3.05, 3.63) is 39.2 Å². The quantitative estimate of drug-likeness (QED) is 0.125. The van der Waals surface area contributed by atoms with Crippen molar-refractivity contribution in [2.45, 2.75) is 57.5 Å². The number of aromatic hydroxyl groups is 1. The summed E-state index contributed by atoms with van der Waals surface area (Å²) in [7, 11) is 0. The monoisotopic (exact) mass is 571 g/mol. The number of carbonyl (C=O) groups excluding carboxylic acids is 2. The van der Waals surface area contributed by atoms with Crippen LogP contribution in [0.3, 0.4) is 0 Å². The van der Waals surface area contributed by atoms with Crippen molar-refractivity contribution in [1.82, 2.24) is 16.0 Å². The van der Waals surface area contributed by atoms with Crippen molar-refractivity contribution in [3.8, 4) is 5.75 Å². The molecule has 0 saturated carbocycles. The van der Waals surface area contributed by atoms with Gasteiger partial charge in [0.25, 0.3) is 0 Å². The van der Waals surface area contributed by atoms with Crippen LogP contribution in [-0.4, -0.2) is 68.9 Å². The summed E-state index contributed by atoms with van der Waals surface area (Å²) in [5, 5.41) is 42.9. The molecule has 2 aromatic rings. The third-order valence-electron chi connectivity index (χ3n) is 5.88. The average molecular weight is 571 g/mol. The Morgan fingerprint density at radius 3 is 2.15 bits per heavy atom. The van der Waals surface area contributed by atoms with E-state index in [4.69, 9.17) is 14.6 Å². The van der Waals surface area contributed by atoms with E-state index in [1.807, 2.05) is 5.32 Å². The normalized spacial score (nSPS) is 12.4. The maximum absolute atomic E-state index is 14.1. The number of fused-ring (bicyclic) bond motifs is 1. The van der Waals surface area contributed by atoms with Gasteiger partial charge in [-0.05, 0) is 44.2 Å². The third kappa shape index (κ3) is 8.37. The van der Waals surface area contributed by atoms with E-state index >= 15 is 0 Å². The van der Waals surface area contributed by atoms with Crippen LogP contribution >= 0.6 is 0 Å². The molecule has 1 aromatic carbocycles. The summed E-state index contributed by atoms with van der Waals surface area (Å²) in [6.45, 7) is 1.40. The van der Waals surface area contributed by atoms with Crippen LogP contribution in [0.2, 0.25) is 0 Å². The molecule has 0 aliphatic heterocycles. The molecule has 218 valence electrons. The number of urea groups is 1.